The van der Waals surface area contributed by atoms with Gasteiger partial charge in [0.05, 0.1) is 0 Å². The molecule has 0 unspecified atom stereocenters. The molecule has 0 aliphatic heterocycles. The molecule has 1 N–H and O–H groups in total. The predicted octanol–water partition coefficient (Wildman–Crippen LogP) is 0.448. The molecule has 0 aromatic carbocycles. The van der Waals surface area contributed by atoms with Crippen molar-refractivity contribution in [1.82, 2.24) is 0 Å². The number of hydrogen-bond acceptors (Lipinski definition) is 1. The molecule has 0 amide bonds. The number of aliphatic hydroxyl groups excluding tert-OH is 1. The van der Waals surface area contributed by atoms with Gasteiger partial charge in [-0.05, 0) is 0 Å². The number of halogens is 2. The molecule has 0 heterocycles. The number of aliphatic hydroxyl groups is 1. The van der Waals surface area contributed by atoms with Gasteiger partial charge in [-0.25, -0.2) is 8.78 Å². The maximum absolute atomic E-state index is 11.1. The third kappa shape index (κ3) is 3.82. The van der Waals surface area contributed by atoms with Crippen molar-refractivity contribution in [3.8, 4) is 0 Å². The molecule has 0 rings (SSSR count). The predicted molar refractivity (Wildman–Crippen MR) is 17.4 cm³/mol. The van der Waals surface area contributed by atoms with Gasteiger partial charge in [0.2, 0.25) is 0 Å². The zero-order valence-electron chi connectivity index (χ0n) is 3.12. The van der Waals surface area contributed by atoms with Crippen LogP contribution in [0.1, 0.15) is 0 Å². The highest BCUT2D eigenvalue weighted by Crippen LogP contribution is 2.06. The molecule has 0 saturated heterocycles. The minimum absolute atomic E-state index is 1.17. The molecule has 0 aliphatic rings. The topological polar surface area (TPSA) is 20.2 Å². The van der Waals surface area contributed by atoms with Crippen LogP contribution in [0.4, 0.5) is 8.78 Å². The summed E-state index contributed by atoms with van der Waals surface area (Å²) in [7, 11) is 0. The summed E-state index contributed by atoms with van der Waals surface area (Å²) in [6, 6.07) is 0. The van der Waals surface area contributed by atoms with Crippen LogP contribution in [0.2, 0.25) is 0 Å². The average molecular weight is 95.1 g/mol. The van der Waals surface area contributed by atoms with Gasteiger partial charge in [-0.15, -0.1) is 0 Å². The van der Waals surface area contributed by atoms with Crippen LogP contribution in [-0.2, 0) is 0 Å². The second-order valence-corrected chi connectivity index (χ2v) is 1.01. The van der Waals surface area contributed by atoms with Gasteiger partial charge in [-0.3, -0.25) is 0 Å². The smallest absolute Gasteiger partial charge is 0.270 e. The molecule has 37 valence electrons. The van der Waals surface area contributed by atoms with Crippen LogP contribution in [0.3, 0.4) is 0 Å². The quantitative estimate of drug-likeness (QED) is 0.501. The third-order valence-electron chi connectivity index (χ3n) is 0.231. The Labute approximate surface area is 34.6 Å². The van der Waals surface area contributed by atoms with E-state index in [1.807, 2.05) is 0 Å². The first-order chi connectivity index (χ1) is 2.56. The van der Waals surface area contributed by atoms with Crippen LogP contribution in [0, 0.1) is 6.92 Å². The SMILES string of the molecule is [CH2]C(F)(F)CO. The molecular weight excluding hydrogens is 90.0 g/mol. The van der Waals surface area contributed by atoms with Crippen LogP contribution < -0.4 is 0 Å². The summed E-state index contributed by atoms with van der Waals surface area (Å²) in [6.07, 6.45) is 0. The zero-order chi connectivity index (χ0) is 5.21. The van der Waals surface area contributed by atoms with Crippen LogP contribution in [-0.4, -0.2) is 17.6 Å². The van der Waals surface area contributed by atoms with E-state index in [1.165, 1.54) is 0 Å². The fourth-order valence-electron chi connectivity index (χ4n) is 0. The van der Waals surface area contributed by atoms with E-state index >= 15 is 0 Å². The molecular formula is C3H5F2O. The van der Waals surface area contributed by atoms with Crippen molar-refractivity contribution in [2.24, 2.45) is 0 Å². The first kappa shape index (κ1) is 5.82. The highest BCUT2D eigenvalue weighted by molar-refractivity contribution is 4.64. The lowest BCUT2D eigenvalue weighted by Crippen LogP contribution is -2.14. The van der Waals surface area contributed by atoms with E-state index < -0.39 is 12.5 Å². The lowest BCUT2D eigenvalue weighted by Gasteiger charge is -2.00. The number of hydrogen-bond donors (Lipinski definition) is 1. The standard InChI is InChI=1S/C3H5F2O/c1-3(4,5)2-6/h6H,1-2H2. The Kier molecular flexibility index (Phi) is 1.47. The van der Waals surface area contributed by atoms with Crippen molar-refractivity contribution < 1.29 is 13.9 Å². The first-order valence-corrected chi connectivity index (χ1v) is 1.40. The van der Waals surface area contributed by atoms with E-state index in [0.717, 1.165) is 0 Å². The second kappa shape index (κ2) is 1.51. The molecule has 0 aromatic rings. The summed E-state index contributed by atoms with van der Waals surface area (Å²) >= 11 is 0. The summed E-state index contributed by atoms with van der Waals surface area (Å²) in [4.78, 5) is 0. The summed E-state index contributed by atoms with van der Waals surface area (Å²) in [6.45, 7) is 1.13. The highest BCUT2D eigenvalue weighted by atomic mass is 19.3. The average Bonchev–Trinajstić information content (AvgIpc) is 1.35. The van der Waals surface area contributed by atoms with Crippen molar-refractivity contribution in [1.29, 1.82) is 0 Å². The lowest BCUT2D eigenvalue weighted by molar-refractivity contribution is -0.00760. The van der Waals surface area contributed by atoms with E-state index in [2.05, 4.69) is 6.92 Å². The fourth-order valence-corrected chi connectivity index (χ4v) is 0. The van der Waals surface area contributed by atoms with Crippen molar-refractivity contribution in [3.05, 3.63) is 6.92 Å². The molecule has 1 radical (unpaired) electrons. The van der Waals surface area contributed by atoms with E-state index in [9.17, 15) is 8.78 Å². The van der Waals surface area contributed by atoms with Crippen LogP contribution in [0.25, 0.3) is 0 Å². The number of alkyl halides is 2. The van der Waals surface area contributed by atoms with Gasteiger partial charge < -0.3 is 5.11 Å². The van der Waals surface area contributed by atoms with E-state index in [-0.39, 0.29) is 0 Å². The van der Waals surface area contributed by atoms with Gasteiger partial charge in [-0.2, -0.15) is 0 Å². The maximum Gasteiger partial charge on any atom is 0.270 e. The van der Waals surface area contributed by atoms with Gasteiger partial charge in [0.1, 0.15) is 6.61 Å². The largest absolute Gasteiger partial charge is 0.390 e. The Balaban J connectivity index is 3.17. The zero-order valence-corrected chi connectivity index (χ0v) is 3.12. The monoisotopic (exact) mass is 95.0 g/mol. The Morgan fingerprint density at radius 1 is 1.67 bits per heavy atom. The Morgan fingerprint density at radius 2 is 1.83 bits per heavy atom. The minimum Gasteiger partial charge on any atom is -0.390 e. The molecule has 0 atom stereocenters. The minimum atomic E-state index is -3.15. The summed E-state index contributed by atoms with van der Waals surface area (Å²) in [5.41, 5.74) is 0. The van der Waals surface area contributed by atoms with Gasteiger partial charge >= 0.3 is 0 Å². The Morgan fingerprint density at radius 3 is 1.83 bits per heavy atom. The number of rotatable bonds is 1. The summed E-state index contributed by atoms with van der Waals surface area (Å²) in [5, 5.41) is 7.59. The van der Waals surface area contributed by atoms with Crippen molar-refractivity contribution in [2.75, 3.05) is 6.61 Å². The normalized spacial score (nSPS) is 12.0. The highest BCUT2D eigenvalue weighted by Gasteiger charge is 2.17. The van der Waals surface area contributed by atoms with Gasteiger partial charge in [0.15, 0.2) is 0 Å². The molecule has 1 nitrogen and oxygen atoms in total. The van der Waals surface area contributed by atoms with E-state index in [0.29, 0.717) is 0 Å². The van der Waals surface area contributed by atoms with Crippen molar-refractivity contribution >= 4 is 0 Å². The molecule has 0 fully saturated rings. The van der Waals surface area contributed by atoms with Gasteiger partial charge in [-0.1, -0.05) is 0 Å². The van der Waals surface area contributed by atoms with Crippen molar-refractivity contribution in [3.63, 3.8) is 0 Å². The summed E-state index contributed by atoms with van der Waals surface area (Å²) < 4.78 is 22.2. The Hall–Kier alpha value is -0.180. The molecule has 0 spiro atoms. The molecule has 0 bridgehead atoms. The van der Waals surface area contributed by atoms with Crippen molar-refractivity contribution in [2.45, 2.75) is 5.92 Å². The third-order valence-corrected chi connectivity index (χ3v) is 0.231. The Bertz CT molecular complexity index is 38.5. The molecule has 0 aromatic heterocycles. The van der Waals surface area contributed by atoms with Gasteiger partial charge in [0, 0.05) is 6.92 Å². The molecule has 0 saturated carbocycles. The molecule has 6 heavy (non-hydrogen) atoms. The van der Waals surface area contributed by atoms with E-state index in [1.54, 1.807) is 0 Å². The first-order valence-electron chi connectivity index (χ1n) is 1.40. The maximum atomic E-state index is 11.1. The lowest BCUT2D eigenvalue weighted by atomic mass is 10.4. The van der Waals surface area contributed by atoms with Gasteiger partial charge in [0.25, 0.3) is 5.92 Å². The van der Waals surface area contributed by atoms with E-state index in [4.69, 9.17) is 5.11 Å². The fraction of sp³-hybridized carbons (Fsp3) is 0.667. The van der Waals surface area contributed by atoms with Crippen LogP contribution >= 0.6 is 0 Å². The molecule has 0 aliphatic carbocycles. The molecule has 3 heteroatoms. The summed E-state index contributed by atoms with van der Waals surface area (Å²) in [5.74, 6) is -3.15. The van der Waals surface area contributed by atoms with Crippen LogP contribution in [0.15, 0.2) is 0 Å². The van der Waals surface area contributed by atoms with Crippen LogP contribution in [0.5, 0.6) is 0 Å². The second-order valence-electron chi connectivity index (χ2n) is 1.01.